The lowest BCUT2D eigenvalue weighted by Crippen LogP contribution is -2.12. The number of aromatic nitrogens is 1. The maximum Gasteiger partial charge on any atom is 0.124 e. The van der Waals surface area contributed by atoms with Crippen LogP contribution >= 0.6 is 35.0 Å². The van der Waals surface area contributed by atoms with Gasteiger partial charge in [0.1, 0.15) is 10.9 Å². The quantitative estimate of drug-likeness (QED) is 0.668. The number of nitrogen functional groups attached to an aromatic ring is 1. The van der Waals surface area contributed by atoms with E-state index in [9.17, 15) is 0 Å². The molecule has 0 saturated heterocycles. The minimum absolute atomic E-state index is 0.0738. The molecule has 18 heavy (non-hydrogen) atoms. The Morgan fingerprint density at radius 3 is 2.72 bits per heavy atom. The van der Waals surface area contributed by atoms with E-state index in [2.05, 4.69) is 4.98 Å². The molecule has 0 bridgehead atoms. The van der Waals surface area contributed by atoms with Crippen molar-refractivity contribution in [2.24, 2.45) is 5.73 Å². The fraction of sp³-hybridized carbons (Fsp3) is 0. The van der Waals surface area contributed by atoms with Gasteiger partial charge in [-0.1, -0.05) is 41.0 Å². The standard InChI is InChI=1S/C12H9Cl2N3S/c13-7-2-1-3-8(6-7)18-12-10(14)9(11(15)16)4-5-17-12/h1-6H,(H3,15,16). The average molecular weight is 298 g/mol. The third-order valence-corrected chi connectivity index (χ3v) is 3.88. The predicted molar refractivity (Wildman–Crippen MR) is 75.8 cm³/mol. The lowest BCUT2D eigenvalue weighted by Gasteiger charge is -2.07. The van der Waals surface area contributed by atoms with Crippen LogP contribution in [0.15, 0.2) is 46.5 Å². The summed E-state index contributed by atoms with van der Waals surface area (Å²) in [5.74, 6) is -0.0738. The first-order chi connectivity index (χ1) is 8.58. The summed E-state index contributed by atoms with van der Waals surface area (Å²) in [6.45, 7) is 0. The molecule has 2 rings (SSSR count). The monoisotopic (exact) mass is 297 g/mol. The van der Waals surface area contributed by atoms with Crippen molar-refractivity contribution >= 4 is 40.8 Å². The lowest BCUT2D eigenvalue weighted by molar-refractivity contribution is 1.12. The Morgan fingerprint density at radius 1 is 1.28 bits per heavy atom. The zero-order chi connectivity index (χ0) is 13.1. The van der Waals surface area contributed by atoms with Crippen molar-refractivity contribution < 1.29 is 0 Å². The summed E-state index contributed by atoms with van der Waals surface area (Å²) in [5.41, 5.74) is 5.92. The molecule has 0 fully saturated rings. The SMILES string of the molecule is N=C(N)c1ccnc(Sc2cccc(Cl)c2)c1Cl. The van der Waals surface area contributed by atoms with Crippen molar-refractivity contribution in [3.8, 4) is 0 Å². The molecule has 3 nitrogen and oxygen atoms in total. The zero-order valence-electron chi connectivity index (χ0n) is 9.15. The van der Waals surface area contributed by atoms with Gasteiger partial charge in [0, 0.05) is 21.7 Å². The highest BCUT2D eigenvalue weighted by molar-refractivity contribution is 7.99. The Bertz CT molecular complexity index is 602. The van der Waals surface area contributed by atoms with E-state index in [4.69, 9.17) is 34.3 Å². The van der Waals surface area contributed by atoms with E-state index in [1.54, 1.807) is 18.3 Å². The number of halogens is 2. The maximum atomic E-state index is 7.42. The topological polar surface area (TPSA) is 62.8 Å². The van der Waals surface area contributed by atoms with E-state index >= 15 is 0 Å². The summed E-state index contributed by atoms with van der Waals surface area (Å²) >= 11 is 13.4. The average Bonchev–Trinajstić information content (AvgIpc) is 2.31. The summed E-state index contributed by atoms with van der Waals surface area (Å²) in [6.07, 6.45) is 1.58. The van der Waals surface area contributed by atoms with Gasteiger partial charge in [-0.25, -0.2) is 4.98 Å². The molecule has 92 valence electrons. The van der Waals surface area contributed by atoms with Gasteiger partial charge in [-0.3, -0.25) is 5.41 Å². The third-order valence-electron chi connectivity index (χ3n) is 2.16. The van der Waals surface area contributed by atoms with Crippen LogP contribution < -0.4 is 5.73 Å². The van der Waals surface area contributed by atoms with Crippen LogP contribution in [0.5, 0.6) is 0 Å². The van der Waals surface area contributed by atoms with Crippen LogP contribution in [0.1, 0.15) is 5.56 Å². The Labute approximate surface area is 119 Å². The van der Waals surface area contributed by atoms with E-state index in [0.717, 1.165) is 4.90 Å². The molecule has 1 heterocycles. The highest BCUT2D eigenvalue weighted by Crippen LogP contribution is 2.34. The molecule has 0 atom stereocenters. The summed E-state index contributed by atoms with van der Waals surface area (Å²) in [7, 11) is 0. The predicted octanol–water partition coefficient (Wildman–Crippen LogP) is 3.82. The van der Waals surface area contributed by atoms with Gasteiger partial charge in [0.15, 0.2) is 0 Å². The molecular weight excluding hydrogens is 289 g/mol. The second-order valence-corrected chi connectivity index (χ2v) is 5.33. The molecule has 0 unspecified atom stereocenters. The van der Waals surface area contributed by atoms with Crippen molar-refractivity contribution in [2.75, 3.05) is 0 Å². The van der Waals surface area contributed by atoms with Gasteiger partial charge < -0.3 is 5.73 Å². The molecule has 2 aromatic rings. The maximum absolute atomic E-state index is 7.42. The van der Waals surface area contributed by atoms with Crippen molar-refractivity contribution in [2.45, 2.75) is 9.92 Å². The number of hydrogen-bond donors (Lipinski definition) is 2. The molecule has 0 aliphatic heterocycles. The Balaban J connectivity index is 2.35. The van der Waals surface area contributed by atoms with Gasteiger partial charge in [-0.2, -0.15) is 0 Å². The van der Waals surface area contributed by atoms with Crippen LogP contribution in [0, 0.1) is 5.41 Å². The van der Waals surface area contributed by atoms with E-state index in [-0.39, 0.29) is 5.84 Å². The molecule has 1 aromatic carbocycles. The normalized spacial score (nSPS) is 10.3. The van der Waals surface area contributed by atoms with Crippen LogP contribution in [0.25, 0.3) is 0 Å². The number of nitrogens with one attached hydrogen (secondary N) is 1. The number of nitrogens with two attached hydrogens (primary N) is 1. The molecule has 0 aliphatic carbocycles. The summed E-state index contributed by atoms with van der Waals surface area (Å²) < 4.78 is 0. The number of nitrogens with zero attached hydrogens (tertiary/aromatic N) is 1. The van der Waals surface area contributed by atoms with Gasteiger partial charge >= 0.3 is 0 Å². The number of rotatable bonds is 3. The molecule has 0 saturated carbocycles. The molecular formula is C12H9Cl2N3S. The van der Waals surface area contributed by atoms with Crippen molar-refractivity contribution in [1.82, 2.24) is 4.98 Å². The van der Waals surface area contributed by atoms with Crippen molar-refractivity contribution in [3.05, 3.63) is 52.1 Å². The number of amidine groups is 1. The van der Waals surface area contributed by atoms with Crippen molar-refractivity contribution in [3.63, 3.8) is 0 Å². The number of hydrogen-bond acceptors (Lipinski definition) is 3. The molecule has 6 heteroatoms. The van der Waals surface area contributed by atoms with Crippen LogP contribution in [0.4, 0.5) is 0 Å². The molecule has 1 aromatic heterocycles. The smallest absolute Gasteiger partial charge is 0.124 e. The molecule has 0 amide bonds. The van der Waals surface area contributed by atoms with E-state index < -0.39 is 0 Å². The first kappa shape index (κ1) is 13.2. The third kappa shape index (κ3) is 2.96. The Morgan fingerprint density at radius 2 is 2.06 bits per heavy atom. The molecule has 0 spiro atoms. The largest absolute Gasteiger partial charge is 0.384 e. The van der Waals surface area contributed by atoms with Gasteiger partial charge in [-0.15, -0.1) is 0 Å². The fourth-order valence-corrected chi connectivity index (χ4v) is 2.80. The van der Waals surface area contributed by atoms with E-state index in [0.29, 0.717) is 20.6 Å². The van der Waals surface area contributed by atoms with Gasteiger partial charge in [0.25, 0.3) is 0 Å². The summed E-state index contributed by atoms with van der Waals surface area (Å²) in [5, 5.41) is 9.06. The van der Waals surface area contributed by atoms with Crippen LogP contribution in [-0.4, -0.2) is 10.8 Å². The second kappa shape index (κ2) is 5.61. The molecule has 0 aliphatic rings. The fourth-order valence-electron chi connectivity index (χ4n) is 1.35. The first-order valence-electron chi connectivity index (χ1n) is 5.00. The van der Waals surface area contributed by atoms with E-state index in [1.165, 1.54) is 11.8 Å². The van der Waals surface area contributed by atoms with Crippen LogP contribution in [0.2, 0.25) is 10.0 Å². The van der Waals surface area contributed by atoms with Crippen LogP contribution in [0.3, 0.4) is 0 Å². The van der Waals surface area contributed by atoms with Gasteiger partial charge in [0.05, 0.1) is 5.02 Å². The molecule has 0 radical (unpaired) electrons. The van der Waals surface area contributed by atoms with Gasteiger partial charge in [0.2, 0.25) is 0 Å². The van der Waals surface area contributed by atoms with Crippen LogP contribution in [-0.2, 0) is 0 Å². The summed E-state index contributed by atoms with van der Waals surface area (Å²) in [6, 6.07) is 9.01. The number of benzene rings is 1. The van der Waals surface area contributed by atoms with E-state index in [1.807, 2.05) is 18.2 Å². The minimum Gasteiger partial charge on any atom is -0.384 e. The van der Waals surface area contributed by atoms with Crippen molar-refractivity contribution in [1.29, 1.82) is 5.41 Å². The first-order valence-corrected chi connectivity index (χ1v) is 6.57. The second-order valence-electron chi connectivity index (χ2n) is 3.45. The Kier molecular flexibility index (Phi) is 4.11. The lowest BCUT2D eigenvalue weighted by atomic mass is 10.2. The minimum atomic E-state index is -0.0738. The highest BCUT2D eigenvalue weighted by Gasteiger charge is 2.11. The summed E-state index contributed by atoms with van der Waals surface area (Å²) in [4.78, 5) is 5.11. The zero-order valence-corrected chi connectivity index (χ0v) is 11.5. The molecule has 3 N–H and O–H groups in total. The van der Waals surface area contributed by atoms with Gasteiger partial charge in [-0.05, 0) is 24.3 Å². The highest BCUT2D eigenvalue weighted by atomic mass is 35.5. The Hall–Kier alpha value is -1.23. The number of pyridine rings is 1.